The molecule has 0 aliphatic rings. The van der Waals surface area contributed by atoms with Crippen LogP contribution < -0.4 is 10.2 Å². The summed E-state index contributed by atoms with van der Waals surface area (Å²) < 4.78 is 11.1. The molecule has 0 spiro atoms. The first-order chi connectivity index (χ1) is 13.8. The summed E-state index contributed by atoms with van der Waals surface area (Å²) in [7, 11) is 0. The van der Waals surface area contributed by atoms with Crippen molar-refractivity contribution in [2.45, 2.75) is 6.61 Å². The van der Waals surface area contributed by atoms with E-state index in [9.17, 15) is 4.79 Å². The molecule has 1 N–H and O–H groups in total. The lowest BCUT2D eigenvalue weighted by atomic mass is 10.1. The van der Waals surface area contributed by atoms with E-state index in [0.717, 1.165) is 11.1 Å². The van der Waals surface area contributed by atoms with Gasteiger partial charge < -0.3 is 9.15 Å². The fourth-order valence-electron chi connectivity index (χ4n) is 2.92. The zero-order chi connectivity index (χ0) is 19.2. The van der Waals surface area contributed by atoms with Crippen molar-refractivity contribution in [1.29, 1.82) is 0 Å². The number of hydrogen-bond acceptors (Lipinski definition) is 4. The molecule has 5 heteroatoms. The Labute approximate surface area is 162 Å². The normalized spacial score (nSPS) is 11.0. The van der Waals surface area contributed by atoms with Crippen LogP contribution in [0.15, 0.2) is 94.6 Å². The Bertz CT molecular complexity index is 1110. The maximum absolute atomic E-state index is 11.9. The summed E-state index contributed by atoms with van der Waals surface area (Å²) in [5.41, 5.74) is 4.31. The molecule has 0 radical (unpaired) electrons. The Balaban J connectivity index is 1.47. The Hall–Kier alpha value is -3.86. The summed E-state index contributed by atoms with van der Waals surface area (Å²) in [5.74, 6) is 0.486. The second kappa shape index (κ2) is 8.22. The highest BCUT2D eigenvalue weighted by Crippen LogP contribution is 2.22. The van der Waals surface area contributed by atoms with E-state index in [1.54, 1.807) is 18.3 Å². The molecule has 0 bridgehead atoms. The van der Waals surface area contributed by atoms with Gasteiger partial charge in [0.1, 0.15) is 12.4 Å². The number of carbonyl (C=O) groups is 1. The Morgan fingerprint density at radius 2 is 1.79 bits per heavy atom. The number of benzene rings is 3. The lowest BCUT2D eigenvalue weighted by molar-refractivity contribution is 0.0927. The van der Waals surface area contributed by atoms with Crippen molar-refractivity contribution in [2.75, 3.05) is 0 Å². The van der Waals surface area contributed by atoms with Gasteiger partial charge in [0.05, 0.1) is 12.5 Å². The van der Waals surface area contributed by atoms with Crippen LogP contribution >= 0.6 is 0 Å². The van der Waals surface area contributed by atoms with Gasteiger partial charge in [0, 0.05) is 5.56 Å². The number of carbonyl (C=O) groups excluding carboxylic acids is 1. The number of rotatable bonds is 6. The van der Waals surface area contributed by atoms with E-state index in [-0.39, 0.29) is 5.76 Å². The van der Waals surface area contributed by atoms with Crippen LogP contribution in [0.2, 0.25) is 0 Å². The molecule has 0 atom stereocenters. The van der Waals surface area contributed by atoms with Gasteiger partial charge in [-0.15, -0.1) is 0 Å². The summed E-state index contributed by atoms with van der Waals surface area (Å²) in [5, 5.41) is 6.35. The molecule has 0 aliphatic carbocycles. The molecular weight excluding hydrogens is 352 g/mol. The molecule has 1 aromatic heterocycles. The lowest BCUT2D eigenvalue weighted by Crippen LogP contribution is -2.16. The average molecular weight is 370 g/mol. The van der Waals surface area contributed by atoms with Crippen molar-refractivity contribution in [3.63, 3.8) is 0 Å². The van der Waals surface area contributed by atoms with Gasteiger partial charge in [-0.1, -0.05) is 54.6 Å². The first kappa shape index (κ1) is 17.5. The van der Waals surface area contributed by atoms with Gasteiger partial charge >= 0.3 is 5.91 Å². The monoisotopic (exact) mass is 370 g/mol. The van der Waals surface area contributed by atoms with Crippen molar-refractivity contribution in [1.82, 2.24) is 5.43 Å². The molecule has 138 valence electrons. The van der Waals surface area contributed by atoms with Crippen LogP contribution in [0, 0.1) is 0 Å². The van der Waals surface area contributed by atoms with Gasteiger partial charge in [-0.05, 0) is 40.6 Å². The lowest BCUT2D eigenvalue weighted by Gasteiger charge is -2.11. The highest BCUT2D eigenvalue weighted by Gasteiger charge is 2.07. The van der Waals surface area contributed by atoms with E-state index in [2.05, 4.69) is 34.8 Å². The van der Waals surface area contributed by atoms with Gasteiger partial charge in [-0.3, -0.25) is 4.79 Å². The molecule has 28 heavy (non-hydrogen) atoms. The first-order valence-corrected chi connectivity index (χ1v) is 8.86. The number of amides is 1. The molecule has 0 aliphatic heterocycles. The molecule has 0 saturated carbocycles. The van der Waals surface area contributed by atoms with Crippen LogP contribution in [0.1, 0.15) is 21.7 Å². The standard InChI is InChI=1S/C23H18N2O3/c26-23(22-13-6-14-27-22)25-24-15-18-8-2-4-12-21(18)28-16-19-10-5-9-17-7-1-3-11-20(17)19/h1-15H,16H2,(H,25,26)/b24-15-. The third kappa shape index (κ3) is 3.94. The molecule has 1 heterocycles. The van der Waals surface area contributed by atoms with Crippen molar-refractivity contribution < 1.29 is 13.9 Å². The third-order valence-electron chi connectivity index (χ3n) is 4.30. The summed E-state index contributed by atoms with van der Waals surface area (Å²) in [6, 6.07) is 25.2. The van der Waals surface area contributed by atoms with E-state index >= 15 is 0 Å². The number of nitrogens with zero attached hydrogens (tertiary/aromatic N) is 1. The number of nitrogens with one attached hydrogen (secondary N) is 1. The second-order valence-electron chi connectivity index (χ2n) is 6.14. The van der Waals surface area contributed by atoms with Crippen molar-refractivity contribution in [3.05, 3.63) is 102 Å². The number of para-hydroxylation sites is 1. The fourth-order valence-corrected chi connectivity index (χ4v) is 2.92. The molecule has 4 rings (SSSR count). The van der Waals surface area contributed by atoms with E-state index in [0.29, 0.717) is 12.4 Å². The van der Waals surface area contributed by atoms with Gasteiger partial charge in [-0.25, -0.2) is 5.43 Å². The van der Waals surface area contributed by atoms with Gasteiger partial charge in [-0.2, -0.15) is 5.10 Å². The molecule has 5 nitrogen and oxygen atoms in total. The van der Waals surface area contributed by atoms with E-state index in [4.69, 9.17) is 9.15 Å². The first-order valence-electron chi connectivity index (χ1n) is 8.86. The Morgan fingerprint density at radius 1 is 0.964 bits per heavy atom. The average Bonchev–Trinajstić information content (AvgIpc) is 3.28. The van der Waals surface area contributed by atoms with Gasteiger partial charge in [0.15, 0.2) is 5.76 Å². The summed E-state index contributed by atoms with van der Waals surface area (Å²) in [4.78, 5) is 11.9. The summed E-state index contributed by atoms with van der Waals surface area (Å²) in [6.45, 7) is 0.435. The molecule has 0 saturated heterocycles. The maximum atomic E-state index is 11.9. The molecule has 0 fully saturated rings. The minimum Gasteiger partial charge on any atom is -0.488 e. The zero-order valence-electron chi connectivity index (χ0n) is 15.0. The number of hydrogen-bond donors (Lipinski definition) is 1. The largest absolute Gasteiger partial charge is 0.488 e. The number of hydrazone groups is 1. The molecule has 3 aromatic carbocycles. The quantitative estimate of drug-likeness (QED) is 0.393. The van der Waals surface area contributed by atoms with E-state index in [1.807, 2.05) is 42.5 Å². The number of furan rings is 1. The predicted octanol–water partition coefficient (Wildman–Crippen LogP) is 4.78. The maximum Gasteiger partial charge on any atom is 0.307 e. The van der Waals surface area contributed by atoms with Gasteiger partial charge in [0.25, 0.3) is 0 Å². The van der Waals surface area contributed by atoms with Crippen molar-refractivity contribution in [2.24, 2.45) is 5.10 Å². The second-order valence-corrected chi connectivity index (χ2v) is 6.14. The van der Waals surface area contributed by atoms with Crippen molar-refractivity contribution in [3.8, 4) is 5.75 Å². The molecule has 1 amide bonds. The highest BCUT2D eigenvalue weighted by molar-refractivity contribution is 5.92. The smallest absolute Gasteiger partial charge is 0.307 e. The molecule has 0 unspecified atom stereocenters. The Kier molecular flexibility index (Phi) is 5.15. The van der Waals surface area contributed by atoms with Gasteiger partial charge in [0.2, 0.25) is 0 Å². The number of fused-ring (bicyclic) bond motifs is 1. The summed E-state index contributed by atoms with van der Waals surface area (Å²) >= 11 is 0. The minimum absolute atomic E-state index is 0.206. The molecule has 4 aromatic rings. The van der Waals surface area contributed by atoms with E-state index in [1.165, 1.54) is 17.0 Å². The van der Waals surface area contributed by atoms with Crippen LogP contribution in [0.4, 0.5) is 0 Å². The van der Waals surface area contributed by atoms with E-state index < -0.39 is 5.91 Å². The predicted molar refractivity (Wildman–Crippen MR) is 108 cm³/mol. The van der Waals surface area contributed by atoms with Crippen LogP contribution in [0.25, 0.3) is 10.8 Å². The highest BCUT2D eigenvalue weighted by atomic mass is 16.5. The van der Waals surface area contributed by atoms with Crippen LogP contribution in [0.5, 0.6) is 5.75 Å². The zero-order valence-corrected chi connectivity index (χ0v) is 15.0. The number of ether oxygens (including phenoxy) is 1. The van der Waals surface area contributed by atoms with Crippen LogP contribution in [-0.4, -0.2) is 12.1 Å². The SMILES string of the molecule is O=C(N/N=C\c1ccccc1OCc1cccc2ccccc12)c1ccco1. The third-order valence-corrected chi connectivity index (χ3v) is 4.30. The summed E-state index contributed by atoms with van der Waals surface area (Å²) in [6.07, 6.45) is 2.99. The fraction of sp³-hybridized carbons (Fsp3) is 0.0435. The van der Waals surface area contributed by atoms with Crippen LogP contribution in [0.3, 0.4) is 0 Å². The van der Waals surface area contributed by atoms with Crippen LogP contribution in [-0.2, 0) is 6.61 Å². The minimum atomic E-state index is -0.407. The Morgan fingerprint density at radius 3 is 2.68 bits per heavy atom. The van der Waals surface area contributed by atoms with Crippen molar-refractivity contribution >= 4 is 22.9 Å². The topological polar surface area (TPSA) is 63.8 Å². The molecular formula is C23H18N2O3.